The highest BCUT2D eigenvalue weighted by Gasteiger charge is 2.44. The van der Waals surface area contributed by atoms with Gasteiger partial charge in [0, 0.05) is 6.54 Å². The first-order valence-corrected chi connectivity index (χ1v) is 9.66. The highest BCUT2D eigenvalue weighted by Crippen LogP contribution is 2.42. The molecule has 1 aliphatic heterocycles. The molecule has 0 aliphatic carbocycles. The van der Waals surface area contributed by atoms with E-state index in [9.17, 15) is 19.8 Å². The number of hydrogen-bond acceptors (Lipinski definition) is 6. The van der Waals surface area contributed by atoms with E-state index in [1.54, 1.807) is 25.1 Å². The molecule has 31 heavy (non-hydrogen) atoms. The van der Waals surface area contributed by atoms with Crippen molar-refractivity contribution in [1.82, 2.24) is 4.90 Å². The van der Waals surface area contributed by atoms with Crippen LogP contribution in [0.4, 0.5) is 0 Å². The summed E-state index contributed by atoms with van der Waals surface area (Å²) >= 11 is 0. The standard InChI is InChI=1S/C24H21NO6/c1-14-8-11-18(31-14)22(27)20-21(16-9-10-17(26)19(12-16)30-2)25(24(29)23(20)28)13-15-6-4-3-5-7-15/h3-12,21,26,28H,13H2,1-2H3/t21-/m0/s1. The van der Waals surface area contributed by atoms with Crippen molar-refractivity contribution in [3.63, 3.8) is 0 Å². The van der Waals surface area contributed by atoms with E-state index in [0.29, 0.717) is 11.3 Å². The molecule has 0 saturated heterocycles. The molecule has 1 aliphatic rings. The maximum absolute atomic E-state index is 13.2. The lowest BCUT2D eigenvalue weighted by Gasteiger charge is -2.27. The predicted octanol–water partition coefficient (Wildman–Crippen LogP) is 4.08. The van der Waals surface area contributed by atoms with Crippen LogP contribution in [-0.2, 0) is 11.3 Å². The largest absolute Gasteiger partial charge is 0.504 e. The summed E-state index contributed by atoms with van der Waals surface area (Å²) in [7, 11) is 1.41. The fraction of sp³-hybridized carbons (Fsp3) is 0.167. The molecule has 3 aromatic rings. The van der Waals surface area contributed by atoms with Gasteiger partial charge in [0.1, 0.15) is 5.76 Å². The Morgan fingerprint density at radius 1 is 1.10 bits per heavy atom. The van der Waals surface area contributed by atoms with Crippen LogP contribution in [0.5, 0.6) is 11.5 Å². The number of methoxy groups -OCH3 is 1. The molecule has 0 spiro atoms. The van der Waals surface area contributed by atoms with Crippen LogP contribution in [-0.4, -0.2) is 33.9 Å². The number of Topliss-reactive ketones (excluding diaryl/α,β-unsaturated/α-hetero) is 1. The van der Waals surface area contributed by atoms with Gasteiger partial charge in [-0.05, 0) is 42.3 Å². The van der Waals surface area contributed by atoms with Gasteiger partial charge in [-0.3, -0.25) is 9.59 Å². The second-order valence-corrected chi connectivity index (χ2v) is 7.25. The number of hydrogen-bond donors (Lipinski definition) is 2. The van der Waals surface area contributed by atoms with Crippen molar-refractivity contribution in [2.45, 2.75) is 19.5 Å². The van der Waals surface area contributed by atoms with Crippen LogP contribution in [0.15, 0.2) is 76.4 Å². The normalized spacial score (nSPS) is 16.1. The summed E-state index contributed by atoms with van der Waals surface area (Å²) in [6.07, 6.45) is 0. The van der Waals surface area contributed by atoms with Gasteiger partial charge in [-0.2, -0.15) is 0 Å². The van der Waals surface area contributed by atoms with Crippen molar-refractivity contribution >= 4 is 11.7 Å². The topological polar surface area (TPSA) is 100 Å². The summed E-state index contributed by atoms with van der Waals surface area (Å²) < 4.78 is 10.7. The minimum atomic E-state index is -0.889. The summed E-state index contributed by atoms with van der Waals surface area (Å²) in [4.78, 5) is 27.7. The number of benzene rings is 2. The number of nitrogens with zero attached hydrogens (tertiary/aromatic N) is 1. The van der Waals surface area contributed by atoms with Gasteiger partial charge in [0.05, 0.1) is 18.7 Å². The maximum Gasteiger partial charge on any atom is 0.290 e. The van der Waals surface area contributed by atoms with Gasteiger partial charge in [0.2, 0.25) is 5.78 Å². The smallest absolute Gasteiger partial charge is 0.290 e. The van der Waals surface area contributed by atoms with E-state index >= 15 is 0 Å². The number of ketones is 1. The Labute approximate surface area is 178 Å². The number of amides is 1. The molecule has 7 heteroatoms. The Balaban J connectivity index is 1.83. The molecule has 0 saturated carbocycles. The molecular formula is C24H21NO6. The van der Waals surface area contributed by atoms with Gasteiger partial charge in [-0.1, -0.05) is 36.4 Å². The summed E-state index contributed by atoms with van der Waals surface area (Å²) in [5, 5.41) is 20.7. The number of aromatic hydroxyl groups is 1. The maximum atomic E-state index is 13.2. The van der Waals surface area contributed by atoms with Crippen LogP contribution in [0.25, 0.3) is 0 Å². The van der Waals surface area contributed by atoms with E-state index in [1.165, 1.54) is 24.1 Å². The van der Waals surface area contributed by atoms with Crippen molar-refractivity contribution in [3.05, 3.63) is 94.6 Å². The lowest BCUT2D eigenvalue weighted by molar-refractivity contribution is -0.130. The number of phenolic OH excluding ortho intramolecular Hbond substituents is 1. The third-order valence-corrected chi connectivity index (χ3v) is 5.23. The van der Waals surface area contributed by atoms with Crippen molar-refractivity contribution in [2.75, 3.05) is 7.11 Å². The van der Waals surface area contributed by atoms with E-state index in [1.807, 2.05) is 30.3 Å². The lowest BCUT2D eigenvalue weighted by atomic mass is 9.94. The minimum Gasteiger partial charge on any atom is -0.504 e. The van der Waals surface area contributed by atoms with Gasteiger partial charge >= 0.3 is 0 Å². The third-order valence-electron chi connectivity index (χ3n) is 5.23. The number of rotatable bonds is 6. The molecule has 0 radical (unpaired) electrons. The molecule has 2 aromatic carbocycles. The predicted molar refractivity (Wildman–Crippen MR) is 112 cm³/mol. The number of aryl methyl sites for hydroxylation is 1. The molecule has 2 heterocycles. The molecule has 1 atom stereocenters. The second-order valence-electron chi connectivity index (χ2n) is 7.25. The average Bonchev–Trinajstić information content (AvgIpc) is 3.31. The monoisotopic (exact) mass is 419 g/mol. The van der Waals surface area contributed by atoms with E-state index in [-0.39, 0.29) is 29.4 Å². The van der Waals surface area contributed by atoms with Gasteiger partial charge in [-0.25, -0.2) is 0 Å². The molecule has 1 aromatic heterocycles. The van der Waals surface area contributed by atoms with Crippen LogP contribution in [0.3, 0.4) is 0 Å². The van der Waals surface area contributed by atoms with Crippen LogP contribution < -0.4 is 4.74 Å². The van der Waals surface area contributed by atoms with E-state index in [4.69, 9.17) is 9.15 Å². The van der Waals surface area contributed by atoms with Gasteiger partial charge < -0.3 is 24.3 Å². The molecule has 1 amide bonds. The van der Waals surface area contributed by atoms with Gasteiger partial charge in [0.15, 0.2) is 23.0 Å². The minimum absolute atomic E-state index is 0.0316. The molecule has 0 fully saturated rings. The highest BCUT2D eigenvalue weighted by atomic mass is 16.5. The van der Waals surface area contributed by atoms with Gasteiger partial charge in [-0.15, -0.1) is 0 Å². The molecule has 0 bridgehead atoms. The lowest BCUT2D eigenvalue weighted by Crippen LogP contribution is -2.30. The van der Waals surface area contributed by atoms with E-state index < -0.39 is 23.5 Å². The Kier molecular flexibility index (Phi) is 5.25. The Morgan fingerprint density at radius 3 is 2.48 bits per heavy atom. The van der Waals surface area contributed by atoms with Crippen LogP contribution in [0.2, 0.25) is 0 Å². The van der Waals surface area contributed by atoms with Gasteiger partial charge in [0.25, 0.3) is 5.91 Å². The average molecular weight is 419 g/mol. The zero-order valence-electron chi connectivity index (χ0n) is 17.0. The molecule has 158 valence electrons. The number of ether oxygens (including phenoxy) is 1. The zero-order valence-corrected chi connectivity index (χ0v) is 17.0. The third kappa shape index (κ3) is 3.66. The molecule has 7 nitrogen and oxygen atoms in total. The van der Waals surface area contributed by atoms with Crippen molar-refractivity contribution in [2.24, 2.45) is 0 Å². The Morgan fingerprint density at radius 2 is 1.84 bits per heavy atom. The number of furan rings is 1. The molecule has 2 N–H and O–H groups in total. The fourth-order valence-corrected chi connectivity index (χ4v) is 3.73. The Hall–Kier alpha value is -4.00. The van der Waals surface area contributed by atoms with Crippen LogP contribution >= 0.6 is 0 Å². The van der Waals surface area contributed by atoms with Crippen LogP contribution in [0.1, 0.15) is 33.5 Å². The summed E-state index contributed by atoms with van der Waals surface area (Å²) in [5.74, 6) is -1.17. The Bertz CT molecular complexity index is 1180. The first-order valence-electron chi connectivity index (χ1n) is 9.66. The summed E-state index contributed by atoms with van der Waals surface area (Å²) in [6.45, 7) is 1.88. The van der Waals surface area contributed by atoms with Crippen molar-refractivity contribution in [1.29, 1.82) is 0 Å². The number of carbonyl (C=O) groups is 2. The fourth-order valence-electron chi connectivity index (χ4n) is 3.73. The zero-order chi connectivity index (χ0) is 22.1. The van der Waals surface area contributed by atoms with Crippen molar-refractivity contribution < 1.29 is 29.0 Å². The first kappa shape index (κ1) is 20.3. The quantitative estimate of drug-likeness (QED) is 0.584. The SMILES string of the molecule is COc1cc([C@H]2C(C(=O)c3ccc(C)o3)=C(O)C(=O)N2Cc2ccccc2)ccc1O. The highest BCUT2D eigenvalue weighted by molar-refractivity contribution is 6.15. The van der Waals surface area contributed by atoms with E-state index in [2.05, 4.69) is 0 Å². The second kappa shape index (κ2) is 8.02. The summed E-state index contributed by atoms with van der Waals surface area (Å²) in [6, 6.07) is 16.1. The van der Waals surface area contributed by atoms with E-state index in [0.717, 1.165) is 5.56 Å². The number of phenols is 1. The number of aliphatic hydroxyl groups excluding tert-OH is 1. The summed E-state index contributed by atoms with van der Waals surface area (Å²) in [5.41, 5.74) is 1.26. The number of carbonyl (C=O) groups excluding carboxylic acids is 2. The molecule has 0 unspecified atom stereocenters. The first-order chi connectivity index (χ1) is 14.9. The molecular weight excluding hydrogens is 398 g/mol. The number of aliphatic hydroxyl groups is 1. The van der Waals surface area contributed by atoms with Crippen LogP contribution in [0, 0.1) is 6.92 Å². The van der Waals surface area contributed by atoms with Crippen molar-refractivity contribution in [3.8, 4) is 11.5 Å². The molecule has 4 rings (SSSR count).